The molecule has 132 valence electrons. The van der Waals surface area contributed by atoms with Crippen molar-refractivity contribution in [1.29, 1.82) is 0 Å². The van der Waals surface area contributed by atoms with E-state index in [1.54, 1.807) is 19.1 Å². The van der Waals surface area contributed by atoms with Crippen molar-refractivity contribution >= 4 is 17.5 Å². The van der Waals surface area contributed by atoms with Gasteiger partial charge in [-0.3, -0.25) is 9.59 Å². The SMILES string of the molecule is CC(=O)Nc1cc(C(=O)NCC(C)Oc2ccccc2F)ccc1F. The minimum Gasteiger partial charge on any atom is -0.486 e. The molecule has 0 aliphatic carbocycles. The Balaban J connectivity index is 1.95. The summed E-state index contributed by atoms with van der Waals surface area (Å²) in [6.45, 7) is 3.05. The highest BCUT2D eigenvalue weighted by atomic mass is 19.1. The zero-order valence-corrected chi connectivity index (χ0v) is 13.8. The summed E-state index contributed by atoms with van der Waals surface area (Å²) in [6, 6.07) is 9.62. The second-order valence-electron chi connectivity index (χ2n) is 5.44. The molecule has 0 fully saturated rings. The number of anilines is 1. The minimum atomic E-state index is -0.636. The van der Waals surface area contributed by atoms with E-state index in [9.17, 15) is 18.4 Å². The van der Waals surface area contributed by atoms with E-state index in [4.69, 9.17) is 4.74 Å². The molecule has 0 saturated heterocycles. The smallest absolute Gasteiger partial charge is 0.251 e. The van der Waals surface area contributed by atoms with Gasteiger partial charge in [-0.05, 0) is 37.3 Å². The fraction of sp³-hybridized carbons (Fsp3) is 0.222. The van der Waals surface area contributed by atoms with Crippen molar-refractivity contribution in [2.75, 3.05) is 11.9 Å². The quantitative estimate of drug-likeness (QED) is 0.843. The van der Waals surface area contributed by atoms with Crippen LogP contribution >= 0.6 is 0 Å². The number of hydrogen-bond donors (Lipinski definition) is 2. The highest BCUT2D eigenvalue weighted by molar-refractivity contribution is 5.96. The van der Waals surface area contributed by atoms with Crippen LogP contribution < -0.4 is 15.4 Å². The van der Waals surface area contributed by atoms with Crippen LogP contribution in [0.1, 0.15) is 24.2 Å². The molecule has 7 heteroatoms. The molecular formula is C18H18F2N2O3. The maximum Gasteiger partial charge on any atom is 0.251 e. The van der Waals surface area contributed by atoms with Gasteiger partial charge in [0.2, 0.25) is 5.91 Å². The Morgan fingerprint density at radius 2 is 1.84 bits per heavy atom. The predicted molar refractivity (Wildman–Crippen MR) is 89.5 cm³/mol. The fourth-order valence-electron chi connectivity index (χ4n) is 2.09. The van der Waals surface area contributed by atoms with E-state index in [0.717, 1.165) is 6.07 Å². The summed E-state index contributed by atoms with van der Waals surface area (Å²) >= 11 is 0. The molecule has 0 aliphatic heterocycles. The van der Waals surface area contributed by atoms with Crippen LogP contribution in [0.3, 0.4) is 0 Å². The first-order chi connectivity index (χ1) is 11.9. The maximum absolute atomic E-state index is 13.6. The van der Waals surface area contributed by atoms with Crippen molar-refractivity contribution < 1.29 is 23.1 Å². The van der Waals surface area contributed by atoms with Crippen molar-refractivity contribution in [1.82, 2.24) is 5.32 Å². The van der Waals surface area contributed by atoms with Gasteiger partial charge in [0.15, 0.2) is 11.6 Å². The predicted octanol–water partition coefficient (Wildman–Crippen LogP) is 3.12. The van der Waals surface area contributed by atoms with Crippen molar-refractivity contribution in [3.05, 3.63) is 59.7 Å². The van der Waals surface area contributed by atoms with Crippen LogP contribution in [0.5, 0.6) is 5.75 Å². The van der Waals surface area contributed by atoms with Gasteiger partial charge in [-0.1, -0.05) is 12.1 Å². The molecular weight excluding hydrogens is 330 g/mol. The molecule has 5 nitrogen and oxygen atoms in total. The van der Waals surface area contributed by atoms with Gasteiger partial charge in [-0.2, -0.15) is 0 Å². The number of halogens is 2. The van der Waals surface area contributed by atoms with Crippen molar-refractivity contribution in [3.8, 4) is 5.75 Å². The van der Waals surface area contributed by atoms with E-state index in [2.05, 4.69) is 10.6 Å². The molecule has 0 bridgehead atoms. The number of ether oxygens (including phenoxy) is 1. The maximum atomic E-state index is 13.6. The third-order valence-corrected chi connectivity index (χ3v) is 3.25. The molecule has 0 aliphatic rings. The lowest BCUT2D eigenvalue weighted by molar-refractivity contribution is -0.114. The molecule has 0 radical (unpaired) electrons. The van der Waals surface area contributed by atoms with Gasteiger partial charge in [-0.15, -0.1) is 0 Å². The van der Waals surface area contributed by atoms with Crippen LogP contribution in [-0.4, -0.2) is 24.5 Å². The zero-order valence-electron chi connectivity index (χ0n) is 13.8. The number of nitrogens with one attached hydrogen (secondary N) is 2. The van der Waals surface area contributed by atoms with Crippen LogP contribution in [0.2, 0.25) is 0 Å². The standard InChI is InChI=1S/C18H18F2N2O3/c1-11(25-17-6-4-3-5-15(17)20)10-21-18(24)13-7-8-14(19)16(9-13)22-12(2)23/h3-9,11H,10H2,1-2H3,(H,21,24)(H,22,23). The molecule has 2 rings (SSSR count). The number of para-hydroxylation sites is 1. The van der Waals surface area contributed by atoms with E-state index >= 15 is 0 Å². The molecule has 1 atom stereocenters. The molecule has 0 aromatic heterocycles. The van der Waals surface area contributed by atoms with Crippen LogP contribution in [-0.2, 0) is 4.79 Å². The Kier molecular flexibility index (Phi) is 6.05. The second kappa shape index (κ2) is 8.23. The van der Waals surface area contributed by atoms with Gasteiger partial charge in [0, 0.05) is 12.5 Å². The third-order valence-electron chi connectivity index (χ3n) is 3.25. The van der Waals surface area contributed by atoms with Gasteiger partial charge in [0.1, 0.15) is 11.9 Å². The molecule has 2 aromatic carbocycles. The van der Waals surface area contributed by atoms with E-state index < -0.39 is 29.6 Å². The topological polar surface area (TPSA) is 67.4 Å². The van der Waals surface area contributed by atoms with E-state index in [-0.39, 0.29) is 23.5 Å². The Morgan fingerprint density at radius 3 is 2.52 bits per heavy atom. The first-order valence-corrected chi connectivity index (χ1v) is 7.63. The third kappa shape index (κ3) is 5.27. The lowest BCUT2D eigenvalue weighted by atomic mass is 10.1. The number of carbonyl (C=O) groups is 2. The average molecular weight is 348 g/mol. The minimum absolute atomic E-state index is 0.0733. The average Bonchev–Trinajstić information content (AvgIpc) is 2.56. The Bertz CT molecular complexity index is 781. The van der Waals surface area contributed by atoms with Crippen LogP contribution in [0.4, 0.5) is 14.5 Å². The molecule has 1 unspecified atom stereocenters. The van der Waals surface area contributed by atoms with Crippen LogP contribution in [0, 0.1) is 11.6 Å². The Hall–Kier alpha value is -2.96. The highest BCUT2D eigenvalue weighted by Gasteiger charge is 2.13. The second-order valence-corrected chi connectivity index (χ2v) is 5.44. The number of rotatable bonds is 6. The normalized spacial score (nSPS) is 11.5. The molecule has 2 aromatic rings. The summed E-state index contributed by atoms with van der Waals surface area (Å²) in [5.74, 6) is -1.93. The molecule has 0 spiro atoms. The van der Waals surface area contributed by atoms with Gasteiger partial charge >= 0.3 is 0 Å². The Labute approximate surface area is 144 Å². The van der Waals surface area contributed by atoms with Crippen molar-refractivity contribution in [2.45, 2.75) is 20.0 Å². The molecule has 0 heterocycles. The van der Waals surface area contributed by atoms with Gasteiger partial charge < -0.3 is 15.4 Å². The summed E-state index contributed by atoms with van der Waals surface area (Å²) < 4.78 is 32.5. The number of hydrogen-bond acceptors (Lipinski definition) is 3. The molecule has 2 N–H and O–H groups in total. The molecule has 2 amide bonds. The first kappa shape index (κ1) is 18.4. The lowest BCUT2D eigenvalue weighted by Gasteiger charge is -2.16. The van der Waals surface area contributed by atoms with Crippen LogP contribution in [0.15, 0.2) is 42.5 Å². The van der Waals surface area contributed by atoms with E-state index in [0.29, 0.717) is 0 Å². The number of carbonyl (C=O) groups excluding carboxylic acids is 2. The van der Waals surface area contributed by atoms with Gasteiger partial charge in [0.25, 0.3) is 5.91 Å². The summed E-state index contributed by atoms with van der Waals surface area (Å²) in [5, 5.41) is 4.93. The van der Waals surface area contributed by atoms with Gasteiger partial charge in [-0.25, -0.2) is 8.78 Å². The van der Waals surface area contributed by atoms with Crippen molar-refractivity contribution in [3.63, 3.8) is 0 Å². The number of amides is 2. The van der Waals surface area contributed by atoms with Crippen LogP contribution in [0.25, 0.3) is 0 Å². The zero-order chi connectivity index (χ0) is 18.4. The Morgan fingerprint density at radius 1 is 1.12 bits per heavy atom. The molecule has 0 saturated carbocycles. The van der Waals surface area contributed by atoms with E-state index in [1.165, 1.54) is 31.2 Å². The summed E-state index contributed by atoms with van der Waals surface area (Å²) in [6.07, 6.45) is -0.476. The first-order valence-electron chi connectivity index (χ1n) is 7.63. The monoisotopic (exact) mass is 348 g/mol. The summed E-state index contributed by atoms with van der Waals surface area (Å²) in [7, 11) is 0. The lowest BCUT2D eigenvalue weighted by Crippen LogP contribution is -2.33. The molecule has 25 heavy (non-hydrogen) atoms. The highest BCUT2D eigenvalue weighted by Crippen LogP contribution is 2.18. The summed E-state index contributed by atoms with van der Waals surface area (Å²) in [4.78, 5) is 23.2. The number of benzene rings is 2. The largest absolute Gasteiger partial charge is 0.486 e. The van der Waals surface area contributed by atoms with Gasteiger partial charge in [0.05, 0.1) is 12.2 Å². The van der Waals surface area contributed by atoms with E-state index in [1.807, 2.05) is 0 Å². The summed E-state index contributed by atoms with van der Waals surface area (Å²) in [5.41, 5.74) is 0.110. The van der Waals surface area contributed by atoms with Crippen molar-refractivity contribution in [2.24, 2.45) is 0 Å². The fourth-order valence-corrected chi connectivity index (χ4v) is 2.09.